The van der Waals surface area contributed by atoms with E-state index in [9.17, 15) is 4.79 Å². The fourth-order valence-corrected chi connectivity index (χ4v) is 4.06. The minimum Gasteiger partial charge on any atom is -0.339 e. The second-order valence-corrected chi connectivity index (χ2v) is 7.85. The van der Waals surface area contributed by atoms with E-state index in [1.54, 1.807) is 12.4 Å². The van der Waals surface area contributed by atoms with Crippen molar-refractivity contribution in [3.63, 3.8) is 0 Å². The van der Waals surface area contributed by atoms with Crippen molar-refractivity contribution in [2.24, 2.45) is 9.98 Å². The van der Waals surface area contributed by atoms with E-state index >= 15 is 0 Å². The van der Waals surface area contributed by atoms with Crippen LogP contribution in [0.3, 0.4) is 0 Å². The fourth-order valence-electron chi connectivity index (χ4n) is 4.06. The van der Waals surface area contributed by atoms with Crippen molar-refractivity contribution in [3.05, 3.63) is 71.7 Å². The molecule has 1 fully saturated rings. The van der Waals surface area contributed by atoms with Gasteiger partial charge < -0.3 is 10.2 Å². The molecule has 0 spiro atoms. The number of aromatic nitrogens is 2. The van der Waals surface area contributed by atoms with Gasteiger partial charge in [0.15, 0.2) is 0 Å². The number of aliphatic imine (C=N–C) groups is 2. The van der Waals surface area contributed by atoms with Crippen molar-refractivity contribution in [2.75, 3.05) is 18.4 Å². The first-order chi connectivity index (χ1) is 15.1. The van der Waals surface area contributed by atoms with E-state index in [0.717, 1.165) is 52.5 Å². The summed E-state index contributed by atoms with van der Waals surface area (Å²) >= 11 is 0. The first kappa shape index (κ1) is 19.1. The Kier molecular flexibility index (Phi) is 4.78. The van der Waals surface area contributed by atoms with E-state index in [0.29, 0.717) is 12.4 Å². The number of benzene rings is 2. The largest absolute Gasteiger partial charge is 0.339 e. The van der Waals surface area contributed by atoms with E-state index < -0.39 is 0 Å². The van der Waals surface area contributed by atoms with Crippen LogP contribution in [0.4, 0.5) is 11.4 Å². The summed E-state index contributed by atoms with van der Waals surface area (Å²) in [5.74, 6) is 0.872. The van der Waals surface area contributed by atoms with Crippen LogP contribution in [0.25, 0.3) is 11.3 Å². The van der Waals surface area contributed by atoms with Crippen LogP contribution in [0.15, 0.2) is 64.8 Å². The maximum Gasteiger partial charge on any atom is 0.228 e. The molecule has 2 aliphatic heterocycles. The molecule has 1 amide bonds. The highest BCUT2D eigenvalue weighted by Crippen LogP contribution is 2.35. The quantitative estimate of drug-likeness (QED) is 0.527. The number of para-hydroxylation sites is 1. The van der Waals surface area contributed by atoms with Crippen LogP contribution in [0, 0.1) is 6.92 Å². The lowest BCUT2D eigenvalue weighted by molar-refractivity contribution is -0.115. The Bertz CT molecular complexity index is 1210. The number of nitrogens with zero attached hydrogens (tertiary/aromatic N) is 5. The molecule has 0 saturated carbocycles. The Morgan fingerprint density at radius 1 is 1.16 bits per heavy atom. The lowest BCUT2D eigenvalue weighted by Gasteiger charge is -2.39. The van der Waals surface area contributed by atoms with E-state index in [1.165, 1.54) is 0 Å². The minimum absolute atomic E-state index is 0.0264. The molecule has 1 aromatic heterocycles. The third-order valence-electron chi connectivity index (χ3n) is 5.76. The fraction of sp³-hybridized carbons (Fsp3) is 0.208. The molecule has 0 atom stereocenters. The zero-order chi connectivity index (χ0) is 21.4. The molecular formula is C24H22N6O. The SMILES string of the molecule is C=NC(=Nc1ccccc1C)N1CC(c2nccnc2-c2ccc3c(c2)CC(=O)N3)C1. The van der Waals surface area contributed by atoms with E-state index in [2.05, 4.69) is 31.9 Å². The Balaban J connectivity index is 1.38. The lowest BCUT2D eigenvalue weighted by atomic mass is 9.92. The third kappa shape index (κ3) is 3.59. The number of hydrogen-bond acceptors (Lipinski definition) is 4. The van der Waals surface area contributed by atoms with E-state index in [4.69, 9.17) is 4.99 Å². The number of fused-ring (bicyclic) bond motifs is 1. The molecule has 154 valence electrons. The monoisotopic (exact) mass is 410 g/mol. The molecule has 7 nitrogen and oxygen atoms in total. The summed E-state index contributed by atoms with van der Waals surface area (Å²) in [7, 11) is 0. The molecule has 0 bridgehead atoms. The normalized spacial score (nSPS) is 16.0. The van der Waals surface area contributed by atoms with Gasteiger partial charge in [0, 0.05) is 42.7 Å². The number of nitrogens with one attached hydrogen (secondary N) is 1. The number of guanidine groups is 1. The van der Waals surface area contributed by atoms with Crippen molar-refractivity contribution in [1.82, 2.24) is 14.9 Å². The second-order valence-electron chi connectivity index (χ2n) is 7.85. The molecule has 7 heteroatoms. The van der Waals surface area contributed by atoms with Gasteiger partial charge in [-0.25, -0.2) is 9.98 Å². The number of hydrogen-bond donors (Lipinski definition) is 1. The number of carbonyl (C=O) groups excluding carboxylic acids is 1. The smallest absolute Gasteiger partial charge is 0.228 e. The van der Waals surface area contributed by atoms with Crippen LogP contribution in [-0.4, -0.2) is 46.5 Å². The second kappa shape index (κ2) is 7.75. The summed E-state index contributed by atoms with van der Waals surface area (Å²) in [4.78, 5) is 31.9. The topological polar surface area (TPSA) is 82.8 Å². The third-order valence-corrected chi connectivity index (χ3v) is 5.76. The van der Waals surface area contributed by atoms with E-state index in [-0.39, 0.29) is 11.8 Å². The number of likely N-dealkylation sites (tertiary alicyclic amines) is 1. The highest BCUT2D eigenvalue weighted by molar-refractivity contribution is 5.99. The van der Waals surface area contributed by atoms with Gasteiger partial charge in [-0.2, -0.15) is 0 Å². The van der Waals surface area contributed by atoms with Gasteiger partial charge in [0.2, 0.25) is 11.9 Å². The van der Waals surface area contributed by atoms with Gasteiger partial charge in [0.25, 0.3) is 0 Å². The molecule has 2 aromatic carbocycles. The Hall–Kier alpha value is -3.87. The van der Waals surface area contributed by atoms with Crippen molar-refractivity contribution in [1.29, 1.82) is 0 Å². The first-order valence-electron chi connectivity index (χ1n) is 10.2. The van der Waals surface area contributed by atoms with Crippen LogP contribution in [0.5, 0.6) is 0 Å². The summed E-state index contributed by atoms with van der Waals surface area (Å²) in [5.41, 5.74) is 6.67. The van der Waals surface area contributed by atoms with Gasteiger partial charge in [0.1, 0.15) is 0 Å². The lowest BCUT2D eigenvalue weighted by Crippen LogP contribution is -2.48. The predicted octanol–water partition coefficient (Wildman–Crippen LogP) is 3.73. The van der Waals surface area contributed by atoms with Crippen LogP contribution < -0.4 is 5.32 Å². The van der Waals surface area contributed by atoms with Crippen molar-refractivity contribution in [3.8, 4) is 11.3 Å². The van der Waals surface area contributed by atoms with Gasteiger partial charge in [-0.05, 0) is 43.0 Å². The summed E-state index contributed by atoms with van der Waals surface area (Å²) in [6, 6.07) is 13.9. The summed E-state index contributed by atoms with van der Waals surface area (Å²) in [6.45, 7) is 7.24. The number of aryl methyl sites for hydroxylation is 1. The number of carbonyl (C=O) groups is 1. The zero-order valence-electron chi connectivity index (χ0n) is 17.2. The Morgan fingerprint density at radius 3 is 2.77 bits per heavy atom. The predicted molar refractivity (Wildman–Crippen MR) is 122 cm³/mol. The summed E-state index contributed by atoms with van der Waals surface area (Å²) < 4.78 is 0. The molecule has 31 heavy (non-hydrogen) atoms. The molecule has 5 rings (SSSR count). The molecule has 0 unspecified atom stereocenters. The van der Waals surface area contributed by atoms with Gasteiger partial charge >= 0.3 is 0 Å². The molecule has 0 aliphatic carbocycles. The number of amides is 1. The minimum atomic E-state index is 0.0264. The average molecular weight is 410 g/mol. The number of rotatable bonds is 3. The Labute approximate surface area is 180 Å². The zero-order valence-corrected chi connectivity index (χ0v) is 17.2. The van der Waals surface area contributed by atoms with Crippen molar-refractivity contribution >= 4 is 30.0 Å². The molecule has 3 aromatic rings. The van der Waals surface area contributed by atoms with Crippen LogP contribution >= 0.6 is 0 Å². The average Bonchev–Trinajstić information content (AvgIpc) is 3.13. The van der Waals surface area contributed by atoms with Gasteiger partial charge in [-0.3, -0.25) is 14.8 Å². The number of anilines is 1. The van der Waals surface area contributed by atoms with Gasteiger partial charge in [-0.15, -0.1) is 0 Å². The molecule has 3 heterocycles. The highest BCUT2D eigenvalue weighted by atomic mass is 16.1. The molecule has 1 N–H and O–H groups in total. The van der Waals surface area contributed by atoms with Gasteiger partial charge in [-0.1, -0.05) is 24.3 Å². The highest BCUT2D eigenvalue weighted by Gasteiger charge is 2.34. The molecule has 0 radical (unpaired) electrons. The van der Waals surface area contributed by atoms with Crippen LogP contribution in [0.2, 0.25) is 0 Å². The molecular weight excluding hydrogens is 388 g/mol. The van der Waals surface area contributed by atoms with Crippen molar-refractivity contribution < 1.29 is 4.79 Å². The maximum atomic E-state index is 11.7. The first-order valence-corrected chi connectivity index (χ1v) is 10.2. The summed E-state index contributed by atoms with van der Waals surface area (Å²) in [6.07, 6.45) is 3.84. The standard InChI is InChI=1S/C24H22N6O/c1-15-5-3-4-6-19(15)29-24(25-2)30-13-18(14-30)23-22(26-9-10-27-23)16-7-8-20-17(11-16)12-21(31)28-20/h3-11,18H,2,12-14H2,1H3,(H,28,31). The van der Waals surface area contributed by atoms with Crippen molar-refractivity contribution in [2.45, 2.75) is 19.3 Å². The molecule has 2 aliphatic rings. The Morgan fingerprint density at radius 2 is 1.97 bits per heavy atom. The van der Waals surface area contributed by atoms with Crippen LogP contribution in [-0.2, 0) is 11.2 Å². The van der Waals surface area contributed by atoms with E-state index in [1.807, 2.05) is 49.4 Å². The molecule has 1 saturated heterocycles. The van der Waals surface area contributed by atoms with Crippen LogP contribution in [0.1, 0.15) is 22.7 Å². The summed E-state index contributed by atoms with van der Waals surface area (Å²) in [5, 5.41) is 2.87. The maximum absolute atomic E-state index is 11.7. The van der Waals surface area contributed by atoms with Gasteiger partial charge in [0.05, 0.1) is 23.5 Å².